The molecule has 2 fully saturated rings. The van der Waals surface area contributed by atoms with Gasteiger partial charge in [-0.3, -0.25) is 9.69 Å². The highest BCUT2D eigenvalue weighted by Gasteiger charge is 2.43. The number of nitrogens with one attached hydrogen (secondary N) is 1. The zero-order valence-electron chi connectivity index (χ0n) is 16.2. The van der Waals surface area contributed by atoms with Gasteiger partial charge in [-0.25, -0.2) is 0 Å². The molecule has 1 aromatic rings. The largest absolute Gasteiger partial charge is 0.493 e. The summed E-state index contributed by atoms with van der Waals surface area (Å²) < 4.78 is 16.4. The van der Waals surface area contributed by atoms with Crippen molar-refractivity contribution in [2.75, 3.05) is 40.5 Å². The predicted octanol–water partition coefficient (Wildman–Crippen LogP) is 1.33. The van der Waals surface area contributed by atoms with Gasteiger partial charge in [0.05, 0.1) is 32.5 Å². The molecule has 2 saturated heterocycles. The first kappa shape index (κ1) is 19.9. The molecule has 2 heterocycles. The van der Waals surface area contributed by atoms with E-state index in [-0.39, 0.29) is 12.0 Å². The van der Waals surface area contributed by atoms with Gasteiger partial charge in [0.1, 0.15) is 0 Å². The third-order valence-corrected chi connectivity index (χ3v) is 5.63. The molecule has 0 unspecified atom stereocenters. The first-order chi connectivity index (χ1) is 13.1. The van der Waals surface area contributed by atoms with Crippen LogP contribution in [0.5, 0.6) is 11.5 Å². The van der Waals surface area contributed by atoms with Gasteiger partial charge in [0, 0.05) is 26.2 Å². The summed E-state index contributed by atoms with van der Waals surface area (Å²) in [5, 5.41) is 13.3. The Morgan fingerprint density at radius 1 is 1.30 bits per heavy atom. The number of hydrogen-bond acceptors (Lipinski definition) is 6. The van der Waals surface area contributed by atoms with Gasteiger partial charge >= 0.3 is 0 Å². The van der Waals surface area contributed by atoms with Gasteiger partial charge in [-0.05, 0) is 43.4 Å². The van der Waals surface area contributed by atoms with E-state index in [1.54, 1.807) is 14.2 Å². The second kappa shape index (κ2) is 8.91. The van der Waals surface area contributed by atoms with Crippen LogP contribution in [0, 0.1) is 0 Å². The van der Waals surface area contributed by atoms with E-state index in [4.69, 9.17) is 14.2 Å². The molecule has 3 rings (SSSR count). The second-order valence-corrected chi connectivity index (χ2v) is 7.31. The van der Waals surface area contributed by atoms with Crippen LogP contribution in [0.1, 0.15) is 31.2 Å². The smallest absolute Gasteiger partial charge is 0.234 e. The van der Waals surface area contributed by atoms with Crippen molar-refractivity contribution in [3.63, 3.8) is 0 Å². The van der Waals surface area contributed by atoms with E-state index in [1.165, 1.54) is 0 Å². The van der Waals surface area contributed by atoms with Crippen LogP contribution in [-0.2, 0) is 16.1 Å². The topological polar surface area (TPSA) is 80.3 Å². The number of rotatable bonds is 6. The molecule has 1 amide bonds. The number of ether oxygens (including phenoxy) is 3. The summed E-state index contributed by atoms with van der Waals surface area (Å²) in [4.78, 5) is 14.4. The summed E-state index contributed by atoms with van der Waals surface area (Å²) in [5.41, 5.74) is 0.558. The quantitative estimate of drug-likeness (QED) is 0.777. The third-order valence-electron chi connectivity index (χ3n) is 5.63. The Kier molecular flexibility index (Phi) is 6.57. The van der Waals surface area contributed by atoms with Gasteiger partial charge in [-0.2, -0.15) is 0 Å². The van der Waals surface area contributed by atoms with Crippen molar-refractivity contribution in [1.29, 1.82) is 0 Å². The highest BCUT2D eigenvalue weighted by molar-refractivity contribution is 5.78. The lowest BCUT2D eigenvalue weighted by Gasteiger charge is -2.46. The van der Waals surface area contributed by atoms with Gasteiger partial charge in [0.2, 0.25) is 5.91 Å². The second-order valence-electron chi connectivity index (χ2n) is 7.31. The Hall–Kier alpha value is -1.83. The molecule has 150 valence electrons. The summed E-state index contributed by atoms with van der Waals surface area (Å²) in [6.45, 7) is 3.06. The zero-order valence-corrected chi connectivity index (χ0v) is 16.2. The number of amides is 1. The molecule has 0 saturated carbocycles. The van der Waals surface area contributed by atoms with Crippen molar-refractivity contribution in [2.24, 2.45) is 0 Å². The van der Waals surface area contributed by atoms with Gasteiger partial charge in [0.25, 0.3) is 0 Å². The maximum absolute atomic E-state index is 12.3. The first-order valence-corrected chi connectivity index (χ1v) is 9.58. The molecule has 7 nitrogen and oxygen atoms in total. The van der Waals surface area contributed by atoms with E-state index >= 15 is 0 Å². The Balaban J connectivity index is 1.45. The standard InChI is InChI=1S/C20H30N2O5/c1-25-16-6-5-15(12-17(16)26-2)13-21-19(24)14-22-9-7-20(8-10-22)18(23)4-3-11-27-20/h5-6,12,18,23H,3-4,7-11,13-14H2,1-2H3,(H,21,24)/t18-/m0/s1. The molecule has 0 aliphatic carbocycles. The number of benzene rings is 1. The van der Waals surface area contributed by atoms with E-state index in [9.17, 15) is 9.90 Å². The number of likely N-dealkylation sites (tertiary alicyclic amines) is 1. The monoisotopic (exact) mass is 378 g/mol. The van der Waals surface area contributed by atoms with Crippen LogP contribution in [0.3, 0.4) is 0 Å². The van der Waals surface area contributed by atoms with Gasteiger partial charge in [0.15, 0.2) is 11.5 Å². The minimum Gasteiger partial charge on any atom is -0.493 e. The summed E-state index contributed by atoms with van der Waals surface area (Å²) in [6.07, 6.45) is 2.90. The van der Waals surface area contributed by atoms with E-state index in [0.717, 1.165) is 50.9 Å². The van der Waals surface area contributed by atoms with Crippen molar-refractivity contribution in [1.82, 2.24) is 10.2 Å². The fourth-order valence-electron chi connectivity index (χ4n) is 3.93. The molecule has 2 aliphatic heterocycles. The molecule has 0 aromatic heterocycles. The van der Waals surface area contributed by atoms with Gasteiger partial charge in [-0.1, -0.05) is 6.07 Å². The number of aliphatic hydroxyl groups excluding tert-OH is 1. The van der Waals surface area contributed by atoms with Gasteiger partial charge in [-0.15, -0.1) is 0 Å². The Bertz CT molecular complexity index is 643. The Morgan fingerprint density at radius 2 is 2.04 bits per heavy atom. The maximum Gasteiger partial charge on any atom is 0.234 e. The fraction of sp³-hybridized carbons (Fsp3) is 0.650. The molecule has 0 bridgehead atoms. The van der Waals surface area contributed by atoms with Crippen LogP contribution in [0.15, 0.2) is 18.2 Å². The molecule has 27 heavy (non-hydrogen) atoms. The van der Waals surface area contributed by atoms with Crippen LogP contribution < -0.4 is 14.8 Å². The van der Waals surface area contributed by atoms with Crippen molar-refractivity contribution in [2.45, 2.75) is 43.9 Å². The molecule has 0 radical (unpaired) electrons. The van der Waals surface area contributed by atoms with Crippen LogP contribution in [0.2, 0.25) is 0 Å². The summed E-state index contributed by atoms with van der Waals surface area (Å²) in [5.74, 6) is 1.31. The minimum absolute atomic E-state index is 0.00848. The lowest BCUT2D eigenvalue weighted by molar-refractivity contribution is -0.177. The highest BCUT2D eigenvalue weighted by Crippen LogP contribution is 2.35. The SMILES string of the molecule is COc1ccc(CNC(=O)CN2CCC3(CC2)OCCC[C@@H]3O)cc1OC. The summed E-state index contributed by atoms with van der Waals surface area (Å²) >= 11 is 0. The number of carbonyl (C=O) groups excluding carboxylic acids is 1. The lowest BCUT2D eigenvalue weighted by Crippen LogP contribution is -2.56. The van der Waals surface area contributed by atoms with E-state index in [0.29, 0.717) is 24.6 Å². The minimum atomic E-state index is -0.398. The molecule has 1 spiro atoms. The Morgan fingerprint density at radius 3 is 2.70 bits per heavy atom. The fourth-order valence-corrected chi connectivity index (χ4v) is 3.93. The number of carbonyl (C=O) groups is 1. The number of methoxy groups -OCH3 is 2. The van der Waals surface area contributed by atoms with Crippen molar-refractivity contribution < 1.29 is 24.1 Å². The molecule has 7 heteroatoms. The molecule has 2 N–H and O–H groups in total. The normalized spacial score (nSPS) is 22.4. The molecule has 1 atom stereocenters. The average molecular weight is 378 g/mol. The van der Waals surface area contributed by atoms with Gasteiger partial charge < -0.3 is 24.6 Å². The molecule has 1 aromatic carbocycles. The van der Waals surface area contributed by atoms with E-state index < -0.39 is 5.60 Å². The third kappa shape index (κ3) is 4.72. The van der Waals surface area contributed by atoms with Crippen LogP contribution >= 0.6 is 0 Å². The van der Waals surface area contributed by atoms with Crippen molar-refractivity contribution >= 4 is 5.91 Å². The lowest BCUT2D eigenvalue weighted by atomic mass is 9.82. The number of piperidine rings is 1. The number of aliphatic hydroxyl groups is 1. The van der Waals surface area contributed by atoms with E-state index in [1.807, 2.05) is 18.2 Å². The van der Waals surface area contributed by atoms with Crippen molar-refractivity contribution in [3.8, 4) is 11.5 Å². The van der Waals surface area contributed by atoms with E-state index in [2.05, 4.69) is 10.2 Å². The average Bonchev–Trinajstić information content (AvgIpc) is 2.70. The maximum atomic E-state index is 12.3. The van der Waals surface area contributed by atoms with Crippen LogP contribution in [-0.4, -0.2) is 68.1 Å². The predicted molar refractivity (Wildman–Crippen MR) is 101 cm³/mol. The highest BCUT2D eigenvalue weighted by atomic mass is 16.5. The molecule has 2 aliphatic rings. The zero-order chi connectivity index (χ0) is 19.3. The number of nitrogens with zero attached hydrogens (tertiary/aromatic N) is 1. The Labute approximate surface area is 160 Å². The molecular formula is C20H30N2O5. The van der Waals surface area contributed by atoms with Crippen molar-refractivity contribution in [3.05, 3.63) is 23.8 Å². The number of hydrogen-bond donors (Lipinski definition) is 2. The summed E-state index contributed by atoms with van der Waals surface area (Å²) in [7, 11) is 3.19. The molecular weight excluding hydrogens is 348 g/mol. The summed E-state index contributed by atoms with van der Waals surface area (Å²) in [6, 6.07) is 5.61. The first-order valence-electron chi connectivity index (χ1n) is 9.58. The van der Waals surface area contributed by atoms with Crippen LogP contribution in [0.25, 0.3) is 0 Å². The van der Waals surface area contributed by atoms with Crippen LogP contribution in [0.4, 0.5) is 0 Å².